The monoisotopic (exact) mass is 378 g/mol. The molecule has 28 heavy (non-hydrogen) atoms. The van der Waals surface area contributed by atoms with Gasteiger partial charge < -0.3 is 20.3 Å². The van der Waals surface area contributed by atoms with Crippen LogP contribution in [0.1, 0.15) is 51.2 Å². The number of primary amides is 1. The van der Waals surface area contributed by atoms with Crippen molar-refractivity contribution in [3.8, 4) is 5.75 Å². The summed E-state index contributed by atoms with van der Waals surface area (Å²) in [5.41, 5.74) is 6.46. The largest absolute Gasteiger partial charge is 0.485 e. The van der Waals surface area contributed by atoms with Crippen molar-refractivity contribution in [3.05, 3.63) is 71.4 Å². The minimum absolute atomic E-state index is 0.210. The standard InChI is InChI=1S/C20H18N4O4/c21-18(25)13-2-1-3-14(10-13)19(26)22-15-6-8-16(9-7-15)27-11-17-23-20(28-24-17)12-4-5-12/h1-3,6-10,12H,4-5,11H2,(H2,21,25)(H,22,26). The van der Waals surface area contributed by atoms with Gasteiger partial charge in [-0.1, -0.05) is 11.2 Å². The van der Waals surface area contributed by atoms with Crippen LogP contribution in [-0.4, -0.2) is 22.0 Å². The molecule has 1 saturated carbocycles. The lowest BCUT2D eigenvalue weighted by atomic mass is 10.1. The van der Waals surface area contributed by atoms with E-state index in [9.17, 15) is 9.59 Å². The van der Waals surface area contributed by atoms with Gasteiger partial charge in [0.2, 0.25) is 17.6 Å². The molecule has 1 aliphatic rings. The van der Waals surface area contributed by atoms with Crippen molar-refractivity contribution in [1.29, 1.82) is 0 Å². The van der Waals surface area contributed by atoms with Gasteiger partial charge in [-0.15, -0.1) is 0 Å². The van der Waals surface area contributed by atoms with Gasteiger partial charge >= 0.3 is 0 Å². The van der Waals surface area contributed by atoms with Crippen molar-refractivity contribution in [2.24, 2.45) is 5.73 Å². The van der Waals surface area contributed by atoms with Crippen molar-refractivity contribution in [2.75, 3.05) is 5.32 Å². The Balaban J connectivity index is 1.34. The van der Waals surface area contributed by atoms with Gasteiger partial charge in [-0.05, 0) is 55.3 Å². The van der Waals surface area contributed by atoms with E-state index in [1.165, 1.54) is 6.07 Å². The number of anilines is 1. The minimum atomic E-state index is -0.581. The van der Waals surface area contributed by atoms with Gasteiger partial charge in [-0.2, -0.15) is 4.98 Å². The summed E-state index contributed by atoms with van der Waals surface area (Å²) in [6.07, 6.45) is 2.20. The predicted octanol–water partition coefficient (Wildman–Crippen LogP) is 2.88. The van der Waals surface area contributed by atoms with Gasteiger partial charge in [0.05, 0.1) is 0 Å². The van der Waals surface area contributed by atoms with E-state index in [0.717, 1.165) is 12.8 Å². The quantitative estimate of drug-likeness (QED) is 0.652. The maximum atomic E-state index is 12.3. The fourth-order valence-electron chi connectivity index (χ4n) is 2.62. The molecule has 3 N–H and O–H groups in total. The van der Waals surface area contributed by atoms with Crippen LogP contribution >= 0.6 is 0 Å². The maximum Gasteiger partial charge on any atom is 0.255 e. The number of rotatable bonds is 7. The molecule has 1 aliphatic carbocycles. The number of carbonyl (C=O) groups excluding carboxylic acids is 2. The number of hydrogen-bond donors (Lipinski definition) is 2. The van der Waals surface area contributed by atoms with Gasteiger partial charge in [-0.3, -0.25) is 9.59 Å². The highest BCUT2D eigenvalue weighted by Crippen LogP contribution is 2.38. The first kappa shape index (κ1) is 17.7. The summed E-state index contributed by atoms with van der Waals surface area (Å²) >= 11 is 0. The summed E-state index contributed by atoms with van der Waals surface area (Å²) in [7, 11) is 0. The second-order valence-electron chi connectivity index (χ2n) is 6.54. The van der Waals surface area contributed by atoms with Gasteiger partial charge in [0.1, 0.15) is 5.75 Å². The van der Waals surface area contributed by atoms with Gasteiger partial charge in [0.15, 0.2) is 6.61 Å². The number of ether oxygens (including phenoxy) is 1. The lowest BCUT2D eigenvalue weighted by molar-refractivity contribution is 0.1000. The molecule has 1 fully saturated rings. The van der Waals surface area contributed by atoms with E-state index in [4.69, 9.17) is 15.0 Å². The van der Waals surface area contributed by atoms with Crippen molar-refractivity contribution < 1.29 is 18.8 Å². The first-order chi connectivity index (χ1) is 13.6. The summed E-state index contributed by atoms with van der Waals surface area (Å²) in [6.45, 7) is 0.210. The van der Waals surface area contributed by atoms with Crippen molar-refractivity contribution >= 4 is 17.5 Å². The number of carbonyl (C=O) groups is 2. The third-order valence-electron chi connectivity index (χ3n) is 4.30. The molecule has 1 heterocycles. The van der Waals surface area contributed by atoms with Crippen LogP contribution < -0.4 is 15.8 Å². The lowest BCUT2D eigenvalue weighted by Crippen LogP contribution is -2.15. The first-order valence-corrected chi connectivity index (χ1v) is 8.85. The summed E-state index contributed by atoms with van der Waals surface area (Å²) in [5.74, 6) is 1.29. The molecule has 0 saturated heterocycles. The second kappa shape index (κ2) is 7.51. The Hall–Kier alpha value is -3.68. The molecular weight excluding hydrogens is 360 g/mol. The van der Waals surface area contributed by atoms with E-state index in [1.54, 1.807) is 42.5 Å². The van der Waals surface area contributed by atoms with E-state index in [2.05, 4.69) is 15.5 Å². The van der Waals surface area contributed by atoms with E-state index in [-0.39, 0.29) is 18.1 Å². The summed E-state index contributed by atoms with van der Waals surface area (Å²) in [4.78, 5) is 27.9. The molecule has 0 unspecified atom stereocenters. The Morgan fingerprint density at radius 3 is 2.61 bits per heavy atom. The maximum absolute atomic E-state index is 12.3. The van der Waals surface area contributed by atoms with E-state index < -0.39 is 5.91 Å². The molecule has 8 nitrogen and oxygen atoms in total. The zero-order valence-corrected chi connectivity index (χ0v) is 14.9. The smallest absolute Gasteiger partial charge is 0.255 e. The Kier molecular flexibility index (Phi) is 4.76. The number of aromatic nitrogens is 2. The fourth-order valence-corrected chi connectivity index (χ4v) is 2.62. The van der Waals surface area contributed by atoms with Gasteiger partial charge in [0.25, 0.3) is 5.91 Å². The highest BCUT2D eigenvalue weighted by Gasteiger charge is 2.29. The van der Waals surface area contributed by atoms with Crippen LogP contribution in [0.2, 0.25) is 0 Å². The van der Waals surface area contributed by atoms with Crippen molar-refractivity contribution in [1.82, 2.24) is 10.1 Å². The van der Waals surface area contributed by atoms with Crippen LogP contribution in [0.3, 0.4) is 0 Å². The molecule has 3 aromatic rings. The van der Waals surface area contributed by atoms with Gasteiger partial charge in [0, 0.05) is 22.7 Å². The summed E-state index contributed by atoms with van der Waals surface area (Å²) in [6, 6.07) is 13.1. The molecule has 0 spiro atoms. The zero-order chi connectivity index (χ0) is 19.5. The predicted molar refractivity (Wildman–Crippen MR) is 100.0 cm³/mol. The number of nitrogens with one attached hydrogen (secondary N) is 1. The molecule has 2 aromatic carbocycles. The average Bonchev–Trinajstić information content (AvgIpc) is 3.45. The van der Waals surface area contributed by atoms with Crippen LogP contribution in [0.25, 0.3) is 0 Å². The number of nitrogens with zero attached hydrogens (tertiary/aromatic N) is 2. The summed E-state index contributed by atoms with van der Waals surface area (Å²) < 4.78 is 10.8. The third kappa shape index (κ3) is 4.17. The Bertz CT molecular complexity index is 1010. The van der Waals surface area contributed by atoms with Crippen LogP contribution in [0.15, 0.2) is 53.1 Å². The number of nitrogens with two attached hydrogens (primary N) is 1. The Labute approximate surface area is 160 Å². The fraction of sp³-hybridized carbons (Fsp3) is 0.200. The lowest BCUT2D eigenvalue weighted by Gasteiger charge is -2.08. The van der Waals surface area contributed by atoms with Crippen molar-refractivity contribution in [2.45, 2.75) is 25.4 Å². The molecule has 142 valence electrons. The Morgan fingerprint density at radius 1 is 1.14 bits per heavy atom. The van der Waals surface area contributed by atoms with E-state index >= 15 is 0 Å². The molecular formula is C20H18N4O4. The third-order valence-corrected chi connectivity index (χ3v) is 4.30. The van der Waals surface area contributed by atoms with Crippen molar-refractivity contribution in [3.63, 3.8) is 0 Å². The normalized spacial score (nSPS) is 13.1. The zero-order valence-electron chi connectivity index (χ0n) is 14.9. The average molecular weight is 378 g/mol. The second-order valence-corrected chi connectivity index (χ2v) is 6.54. The molecule has 4 rings (SSSR count). The first-order valence-electron chi connectivity index (χ1n) is 8.85. The van der Waals surface area contributed by atoms with Crippen LogP contribution in [0.4, 0.5) is 5.69 Å². The molecule has 1 aromatic heterocycles. The molecule has 0 bridgehead atoms. The molecule has 2 amide bonds. The number of hydrogen-bond acceptors (Lipinski definition) is 6. The summed E-state index contributed by atoms with van der Waals surface area (Å²) in [5, 5.41) is 6.66. The van der Waals surface area contributed by atoms with Crippen LogP contribution in [-0.2, 0) is 6.61 Å². The van der Waals surface area contributed by atoms with Crippen LogP contribution in [0.5, 0.6) is 5.75 Å². The van der Waals surface area contributed by atoms with Crippen LogP contribution in [0, 0.1) is 0 Å². The Morgan fingerprint density at radius 2 is 1.89 bits per heavy atom. The molecule has 0 atom stereocenters. The van der Waals surface area contributed by atoms with E-state index in [1.807, 2.05) is 0 Å². The van der Waals surface area contributed by atoms with Gasteiger partial charge in [-0.25, -0.2) is 0 Å². The minimum Gasteiger partial charge on any atom is -0.485 e. The SMILES string of the molecule is NC(=O)c1cccc(C(=O)Nc2ccc(OCc3noc(C4CC4)n3)cc2)c1. The van der Waals surface area contributed by atoms with E-state index in [0.29, 0.717) is 34.6 Å². The molecule has 8 heteroatoms. The number of benzene rings is 2. The number of amides is 2. The molecule has 0 aliphatic heterocycles. The highest BCUT2D eigenvalue weighted by molar-refractivity contribution is 6.06. The molecule has 0 radical (unpaired) electrons. The topological polar surface area (TPSA) is 120 Å². The highest BCUT2D eigenvalue weighted by atomic mass is 16.5.